The molecule has 0 saturated heterocycles. The highest BCUT2D eigenvalue weighted by molar-refractivity contribution is 5.40. The van der Waals surface area contributed by atoms with Crippen molar-refractivity contribution in [3.63, 3.8) is 0 Å². The van der Waals surface area contributed by atoms with Gasteiger partial charge in [0.25, 0.3) is 0 Å². The number of hydrogen-bond donors (Lipinski definition) is 1. The first-order valence-corrected chi connectivity index (χ1v) is 6.45. The van der Waals surface area contributed by atoms with Crippen molar-refractivity contribution in [2.24, 2.45) is 0 Å². The number of nitrogens with zero attached hydrogens (tertiary/aromatic N) is 1. The molecule has 1 heterocycles. The molecule has 0 spiro atoms. The summed E-state index contributed by atoms with van der Waals surface area (Å²) >= 11 is 0. The molecule has 0 saturated carbocycles. The second-order valence-corrected chi connectivity index (χ2v) is 4.87. The lowest BCUT2D eigenvalue weighted by Crippen LogP contribution is -2.25. The summed E-state index contributed by atoms with van der Waals surface area (Å²) < 4.78 is 11.1. The number of nitrogens with one attached hydrogen (secondary N) is 1. The van der Waals surface area contributed by atoms with Crippen LogP contribution in [0.3, 0.4) is 0 Å². The fourth-order valence-electron chi connectivity index (χ4n) is 1.37. The smallest absolute Gasteiger partial charge is 0.129 e. The van der Waals surface area contributed by atoms with Crippen molar-refractivity contribution >= 4 is 5.82 Å². The number of ether oxygens (including phenoxy) is 2. The van der Waals surface area contributed by atoms with Crippen LogP contribution in [0.25, 0.3) is 0 Å². The second kappa shape index (κ2) is 7.21. The molecule has 4 heteroatoms. The Labute approximate surface area is 110 Å². The minimum Gasteiger partial charge on any atom is -0.493 e. The van der Waals surface area contributed by atoms with Crippen molar-refractivity contribution in [3.05, 3.63) is 18.3 Å². The van der Waals surface area contributed by atoms with Gasteiger partial charge in [-0.2, -0.15) is 0 Å². The van der Waals surface area contributed by atoms with E-state index in [2.05, 4.69) is 31.1 Å². The van der Waals surface area contributed by atoms with Gasteiger partial charge in [0, 0.05) is 32.3 Å². The quantitative estimate of drug-likeness (QED) is 0.772. The van der Waals surface area contributed by atoms with Gasteiger partial charge < -0.3 is 14.8 Å². The Bertz CT molecular complexity index is 353. The molecule has 0 atom stereocenters. The monoisotopic (exact) mass is 252 g/mol. The molecule has 1 aromatic heterocycles. The van der Waals surface area contributed by atoms with Crippen LogP contribution in [0.5, 0.6) is 5.75 Å². The molecule has 0 radical (unpaired) electrons. The van der Waals surface area contributed by atoms with Gasteiger partial charge in [0.15, 0.2) is 0 Å². The summed E-state index contributed by atoms with van der Waals surface area (Å²) in [6.07, 6.45) is 3.69. The minimum atomic E-state index is -0.143. The molecular weight excluding hydrogens is 228 g/mol. The molecule has 0 aliphatic heterocycles. The van der Waals surface area contributed by atoms with E-state index in [9.17, 15) is 0 Å². The van der Waals surface area contributed by atoms with E-state index in [1.165, 1.54) is 0 Å². The lowest BCUT2D eigenvalue weighted by Gasteiger charge is -2.22. The zero-order valence-corrected chi connectivity index (χ0v) is 11.8. The fraction of sp³-hybridized carbons (Fsp3) is 0.643. The van der Waals surface area contributed by atoms with Gasteiger partial charge in [-0.25, -0.2) is 4.98 Å². The molecule has 0 unspecified atom stereocenters. The van der Waals surface area contributed by atoms with Crippen molar-refractivity contribution in [1.82, 2.24) is 4.98 Å². The maximum Gasteiger partial charge on any atom is 0.129 e. The molecule has 0 amide bonds. The minimum absolute atomic E-state index is 0.143. The van der Waals surface area contributed by atoms with Gasteiger partial charge in [-0.1, -0.05) is 6.92 Å². The van der Waals surface area contributed by atoms with Crippen molar-refractivity contribution in [3.8, 4) is 5.75 Å². The summed E-state index contributed by atoms with van der Waals surface area (Å²) in [6.45, 7) is 7.79. The van der Waals surface area contributed by atoms with E-state index in [0.29, 0.717) is 6.61 Å². The topological polar surface area (TPSA) is 43.4 Å². The predicted molar refractivity (Wildman–Crippen MR) is 74.2 cm³/mol. The van der Waals surface area contributed by atoms with Crippen LogP contribution in [0.4, 0.5) is 5.82 Å². The SMILES string of the molecule is CCCNc1cc(OCCC(C)(C)OC)ccn1. The summed E-state index contributed by atoms with van der Waals surface area (Å²) in [6, 6.07) is 3.80. The van der Waals surface area contributed by atoms with E-state index in [1.807, 2.05) is 12.1 Å². The maximum atomic E-state index is 5.70. The predicted octanol–water partition coefficient (Wildman–Crippen LogP) is 3.10. The molecule has 4 nitrogen and oxygen atoms in total. The third-order valence-electron chi connectivity index (χ3n) is 2.81. The maximum absolute atomic E-state index is 5.70. The number of rotatable bonds is 8. The average molecular weight is 252 g/mol. The highest BCUT2D eigenvalue weighted by atomic mass is 16.5. The Hall–Kier alpha value is -1.29. The largest absolute Gasteiger partial charge is 0.493 e. The number of hydrogen-bond acceptors (Lipinski definition) is 4. The lowest BCUT2D eigenvalue weighted by molar-refractivity contribution is 0.00546. The third kappa shape index (κ3) is 5.36. The van der Waals surface area contributed by atoms with E-state index in [-0.39, 0.29) is 5.60 Å². The van der Waals surface area contributed by atoms with E-state index < -0.39 is 0 Å². The Morgan fingerprint density at radius 3 is 2.83 bits per heavy atom. The molecule has 1 aromatic rings. The van der Waals surface area contributed by atoms with Gasteiger partial charge in [-0.15, -0.1) is 0 Å². The van der Waals surface area contributed by atoms with Crippen LogP contribution < -0.4 is 10.1 Å². The Morgan fingerprint density at radius 1 is 1.39 bits per heavy atom. The number of aromatic nitrogens is 1. The lowest BCUT2D eigenvalue weighted by atomic mass is 10.1. The van der Waals surface area contributed by atoms with Crippen LogP contribution in [0, 0.1) is 0 Å². The molecule has 1 N–H and O–H groups in total. The molecule has 0 aromatic carbocycles. The number of anilines is 1. The van der Waals surface area contributed by atoms with Crippen molar-refractivity contribution < 1.29 is 9.47 Å². The normalized spacial score (nSPS) is 11.3. The zero-order chi connectivity index (χ0) is 13.4. The van der Waals surface area contributed by atoms with Gasteiger partial charge in [-0.3, -0.25) is 0 Å². The van der Waals surface area contributed by atoms with E-state index in [0.717, 1.165) is 31.0 Å². The van der Waals surface area contributed by atoms with Crippen LogP contribution in [0.1, 0.15) is 33.6 Å². The average Bonchev–Trinajstić information content (AvgIpc) is 2.37. The summed E-state index contributed by atoms with van der Waals surface area (Å²) in [4.78, 5) is 4.23. The number of methoxy groups -OCH3 is 1. The first-order chi connectivity index (χ1) is 8.57. The van der Waals surface area contributed by atoms with Gasteiger partial charge in [0.1, 0.15) is 11.6 Å². The van der Waals surface area contributed by atoms with Crippen LogP contribution in [0.15, 0.2) is 18.3 Å². The molecule has 0 fully saturated rings. The first-order valence-electron chi connectivity index (χ1n) is 6.45. The van der Waals surface area contributed by atoms with Crippen LogP contribution in [-0.2, 0) is 4.74 Å². The Kier molecular flexibility index (Phi) is 5.92. The highest BCUT2D eigenvalue weighted by Crippen LogP contribution is 2.17. The van der Waals surface area contributed by atoms with Crippen molar-refractivity contribution in [2.45, 2.75) is 39.2 Å². The van der Waals surface area contributed by atoms with E-state index in [4.69, 9.17) is 9.47 Å². The fourth-order valence-corrected chi connectivity index (χ4v) is 1.37. The molecule has 0 bridgehead atoms. The first kappa shape index (κ1) is 14.8. The number of pyridine rings is 1. The van der Waals surface area contributed by atoms with Crippen LogP contribution in [0.2, 0.25) is 0 Å². The van der Waals surface area contributed by atoms with E-state index in [1.54, 1.807) is 13.3 Å². The van der Waals surface area contributed by atoms with Gasteiger partial charge >= 0.3 is 0 Å². The van der Waals surface area contributed by atoms with Crippen LogP contribution in [-0.4, -0.2) is 30.8 Å². The Balaban J connectivity index is 2.42. The molecule has 18 heavy (non-hydrogen) atoms. The van der Waals surface area contributed by atoms with Gasteiger partial charge in [-0.05, 0) is 26.3 Å². The highest BCUT2D eigenvalue weighted by Gasteiger charge is 2.15. The molecule has 0 aliphatic carbocycles. The second-order valence-electron chi connectivity index (χ2n) is 4.87. The van der Waals surface area contributed by atoms with Crippen molar-refractivity contribution in [2.75, 3.05) is 25.6 Å². The molecule has 0 aliphatic rings. The standard InChI is InChI=1S/C14H24N2O2/c1-5-8-15-13-11-12(6-9-16-13)18-10-7-14(2,3)17-4/h6,9,11H,5,7-8,10H2,1-4H3,(H,15,16). The molecule has 1 rings (SSSR count). The van der Waals surface area contributed by atoms with E-state index >= 15 is 0 Å². The zero-order valence-electron chi connectivity index (χ0n) is 11.8. The summed E-state index contributed by atoms with van der Waals surface area (Å²) in [5.41, 5.74) is -0.143. The van der Waals surface area contributed by atoms with Gasteiger partial charge in [0.05, 0.1) is 12.2 Å². The summed E-state index contributed by atoms with van der Waals surface area (Å²) in [5.74, 6) is 1.70. The van der Waals surface area contributed by atoms with Crippen molar-refractivity contribution in [1.29, 1.82) is 0 Å². The third-order valence-corrected chi connectivity index (χ3v) is 2.81. The summed E-state index contributed by atoms with van der Waals surface area (Å²) in [7, 11) is 1.72. The van der Waals surface area contributed by atoms with Gasteiger partial charge in [0.2, 0.25) is 0 Å². The Morgan fingerprint density at radius 2 is 2.17 bits per heavy atom. The van der Waals surface area contributed by atoms with Crippen LogP contribution >= 0.6 is 0 Å². The summed E-state index contributed by atoms with van der Waals surface area (Å²) in [5, 5.41) is 3.24. The molecule has 102 valence electrons. The molecular formula is C14H24N2O2.